The molecule has 0 amide bonds. The summed E-state index contributed by atoms with van der Waals surface area (Å²) in [7, 11) is 0. The number of rotatable bonds is 6. The molecule has 4 heteroatoms. The molecular formula is C65H54N4. The van der Waals surface area contributed by atoms with E-state index >= 15 is 0 Å². The van der Waals surface area contributed by atoms with Crippen LogP contribution in [0.1, 0.15) is 94.5 Å². The molecule has 9 aromatic rings. The lowest BCUT2D eigenvalue weighted by Crippen LogP contribution is -2.40. The van der Waals surface area contributed by atoms with Gasteiger partial charge >= 0.3 is 0 Å². The lowest BCUT2D eigenvalue weighted by atomic mass is 9.55. The molecule has 0 unspecified atom stereocenters. The standard InChI is InChI=1S/C45H36N2.C20H18N2/c1-43(2)35-11-5-7-13-37(35)45(38-14-8-6-12-36(38)43)34-21-18-28(23-33(34)42-30(26-47)10-9-15-39(42)45)29-17-20-32-31-19-16-27(25-46)22-40(31)44(3,4)41(32)24-29;21-20(22-15-16-7-3-1-4-8-16)19-13-11-18(12-14-19)17-9-5-2-6-10-17/h5-24H,26,47H2,1-4H3;1-14H,15H2,(H2,21,22). The summed E-state index contributed by atoms with van der Waals surface area (Å²) in [6.07, 6.45) is 0. The molecule has 0 aliphatic heterocycles. The van der Waals surface area contributed by atoms with Gasteiger partial charge in [0.15, 0.2) is 0 Å². The predicted molar refractivity (Wildman–Crippen MR) is 284 cm³/mol. The van der Waals surface area contributed by atoms with Gasteiger partial charge < -0.3 is 11.5 Å². The van der Waals surface area contributed by atoms with Gasteiger partial charge in [-0.05, 0) is 124 Å². The molecule has 0 radical (unpaired) electrons. The Morgan fingerprint density at radius 3 is 1.64 bits per heavy atom. The number of hydrogen-bond acceptors (Lipinski definition) is 3. The first-order valence-electron chi connectivity index (χ1n) is 23.9. The average Bonchev–Trinajstić information content (AvgIpc) is 3.82. The number of aliphatic imine (C=N–C) groups is 1. The van der Waals surface area contributed by atoms with E-state index in [2.05, 4.69) is 190 Å². The lowest BCUT2D eigenvalue weighted by molar-refractivity contribution is 0.563. The Balaban J connectivity index is 0.000000198. The fourth-order valence-electron chi connectivity index (χ4n) is 11.7. The Morgan fingerprint density at radius 1 is 0.464 bits per heavy atom. The molecule has 3 aliphatic rings. The first kappa shape index (κ1) is 43.5. The molecule has 0 heterocycles. The largest absolute Gasteiger partial charge is 0.383 e. The third-order valence-electron chi connectivity index (χ3n) is 15.2. The minimum absolute atomic E-state index is 0.129. The third kappa shape index (κ3) is 6.96. The molecule has 0 atom stereocenters. The van der Waals surface area contributed by atoms with Crippen LogP contribution in [-0.4, -0.2) is 5.84 Å². The summed E-state index contributed by atoms with van der Waals surface area (Å²) in [5.41, 5.74) is 36.3. The highest BCUT2D eigenvalue weighted by Gasteiger charge is 2.53. The second-order valence-corrected chi connectivity index (χ2v) is 19.7. The second kappa shape index (κ2) is 16.9. The fourth-order valence-corrected chi connectivity index (χ4v) is 11.7. The van der Waals surface area contributed by atoms with Crippen molar-refractivity contribution in [2.24, 2.45) is 16.5 Å². The number of fused-ring (bicyclic) bond motifs is 12. The second-order valence-electron chi connectivity index (χ2n) is 19.7. The molecular weight excluding hydrogens is 837 g/mol. The topological polar surface area (TPSA) is 88.2 Å². The number of nitrogens with two attached hydrogens (primary N) is 2. The molecule has 0 saturated carbocycles. The van der Waals surface area contributed by atoms with E-state index < -0.39 is 5.41 Å². The number of nitrogens with zero attached hydrogens (tertiary/aromatic N) is 2. The van der Waals surface area contributed by atoms with Crippen LogP contribution in [-0.2, 0) is 29.3 Å². The zero-order valence-corrected chi connectivity index (χ0v) is 39.6. The van der Waals surface area contributed by atoms with Gasteiger partial charge in [-0.1, -0.05) is 210 Å². The molecule has 12 rings (SSSR count). The maximum Gasteiger partial charge on any atom is 0.125 e. The molecule has 0 fully saturated rings. The van der Waals surface area contributed by atoms with E-state index in [0.717, 1.165) is 11.1 Å². The molecule has 334 valence electrons. The summed E-state index contributed by atoms with van der Waals surface area (Å²) in [4.78, 5) is 4.46. The van der Waals surface area contributed by atoms with Gasteiger partial charge in [0.25, 0.3) is 0 Å². The zero-order valence-electron chi connectivity index (χ0n) is 39.6. The molecule has 4 N–H and O–H groups in total. The lowest BCUT2D eigenvalue weighted by Gasteiger charge is -2.46. The maximum atomic E-state index is 9.60. The zero-order chi connectivity index (χ0) is 47.5. The van der Waals surface area contributed by atoms with Crippen molar-refractivity contribution in [3.63, 3.8) is 0 Å². The van der Waals surface area contributed by atoms with E-state index in [1.165, 1.54) is 94.6 Å². The predicted octanol–water partition coefficient (Wildman–Crippen LogP) is 14.3. The van der Waals surface area contributed by atoms with Gasteiger partial charge in [0.1, 0.15) is 5.84 Å². The molecule has 0 saturated heterocycles. The van der Waals surface area contributed by atoms with Crippen molar-refractivity contribution < 1.29 is 0 Å². The van der Waals surface area contributed by atoms with Gasteiger partial charge in [-0.25, -0.2) is 0 Å². The fraction of sp³-hybridized carbons (Fsp3) is 0.138. The Labute approximate surface area is 406 Å². The van der Waals surface area contributed by atoms with Crippen LogP contribution >= 0.6 is 0 Å². The quantitative estimate of drug-likeness (QED) is 0.129. The van der Waals surface area contributed by atoms with Crippen molar-refractivity contribution in [1.82, 2.24) is 0 Å². The molecule has 1 spiro atoms. The summed E-state index contributed by atoms with van der Waals surface area (Å²) in [6, 6.07) is 76.0. The van der Waals surface area contributed by atoms with Gasteiger partial charge in [-0.15, -0.1) is 0 Å². The molecule has 69 heavy (non-hydrogen) atoms. The van der Waals surface area contributed by atoms with Crippen LogP contribution in [0.3, 0.4) is 0 Å². The molecule has 0 bridgehead atoms. The van der Waals surface area contributed by atoms with Crippen molar-refractivity contribution in [2.75, 3.05) is 0 Å². The van der Waals surface area contributed by atoms with Crippen molar-refractivity contribution in [3.8, 4) is 50.6 Å². The number of hydrogen-bond donors (Lipinski definition) is 2. The highest BCUT2D eigenvalue weighted by Crippen LogP contribution is 2.63. The van der Waals surface area contributed by atoms with Crippen molar-refractivity contribution in [1.29, 1.82) is 5.26 Å². The molecule has 3 aliphatic carbocycles. The van der Waals surface area contributed by atoms with Gasteiger partial charge in [0, 0.05) is 22.9 Å². The van der Waals surface area contributed by atoms with Crippen LogP contribution in [0.2, 0.25) is 0 Å². The minimum Gasteiger partial charge on any atom is -0.383 e. The monoisotopic (exact) mass is 890 g/mol. The maximum absolute atomic E-state index is 9.60. The van der Waals surface area contributed by atoms with Crippen LogP contribution in [0.4, 0.5) is 0 Å². The highest BCUT2D eigenvalue weighted by molar-refractivity contribution is 5.98. The van der Waals surface area contributed by atoms with Crippen molar-refractivity contribution >= 4 is 5.84 Å². The third-order valence-corrected chi connectivity index (χ3v) is 15.2. The van der Waals surface area contributed by atoms with Crippen LogP contribution in [0, 0.1) is 11.3 Å². The number of amidine groups is 1. The van der Waals surface area contributed by atoms with Crippen LogP contribution < -0.4 is 11.5 Å². The Hall–Kier alpha value is -8.10. The first-order chi connectivity index (χ1) is 33.5. The van der Waals surface area contributed by atoms with Crippen LogP contribution in [0.15, 0.2) is 211 Å². The number of benzene rings is 9. The van der Waals surface area contributed by atoms with Crippen molar-refractivity contribution in [3.05, 3.63) is 273 Å². The van der Waals surface area contributed by atoms with Gasteiger partial charge in [-0.2, -0.15) is 5.26 Å². The Bertz CT molecular complexity index is 3470. The summed E-state index contributed by atoms with van der Waals surface area (Å²) in [5.74, 6) is 0.573. The van der Waals surface area contributed by atoms with E-state index in [1.807, 2.05) is 54.6 Å². The number of nitriles is 1. The van der Waals surface area contributed by atoms with Crippen LogP contribution in [0.25, 0.3) is 44.5 Å². The molecule has 0 aromatic heterocycles. The van der Waals surface area contributed by atoms with Crippen LogP contribution in [0.5, 0.6) is 0 Å². The summed E-state index contributed by atoms with van der Waals surface area (Å²) in [6.45, 7) is 10.4. The van der Waals surface area contributed by atoms with Gasteiger partial charge in [-0.3, -0.25) is 4.99 Å². The Kier molecular flexibility index (Phi) is 10.6. The SMILES string of the molecule is CC1(C)c2cc(C#N)ccc2-c2ccc(-c3ccc4c(c3)-c3c(CN)cccc3C43c4ccccc4C(C)(C)c4ccccc43)cc21.NC(=NCc1ccccc1)c1ccc(-c2ccccc2)cc1. The summed E-state index contributed by atoms with van der Waals surface area (Å²) >= 11 is 0. The van der Waals surface area contributed by atoms with E-state index in [1.54, 1.807) is 0 Å². The smallest absolute Gasteiger partial charge is 0.125 e. The van der Waals surface area contributed by atoms with E-state index in [4.69, 9.17) is 11.5 Å². The van der Waals surface area contributed by atoms with Crippen molar-refractivity contribution in [2.45, 2.75) is 57.0 Å². The summed E-state index contributed by atoms with van der Waals surface area (Å²) < 4.78 is 0. The summed E-state index contributed by atoms with van der Waals surface area (Å²) in [5, 5.41) is 9.60. The normalized spacial score (nSPS) is 14.8. The van der Waals surface area contributed by atoms with E-state index in [9.17, 15) is 5.26 Å². The highest BCUT2D eigenvalue weighted by atomic mass is 14.8. The van der Waals surface area contributed by atoms with E-state index in [0.29, 0.717) is 24.5 Å². The molecule has 9 aromatic carbocycles. The van der Waals surface area contributed by atoms with Gasteiger partial charge in [0.05, 0.1) is 23.6 Å². The van der Waals surface area contributed by atoms with Gasteiger partial charge in [0.2, 0.25) is 0 Å². The first-order valence-corrected chi connectivity index (χ1v) is 23.9. The average molecular weight is 891 g/mol. The molecule has 4 nitrogen and oxygen atoms in total. The Morgan fingerprint density at radius 2 is 0.986 bits per heavy atom. The minimum atomic E-state index is -0.433. The van der Waals surface area contributed by atoms with E-state index in [-0.39, 0.29) is 10.8 Å².